The fourth-order valence-electron chi connectivity index (χ4n) is 2.76. The number of aryl methyl sites for hydroxylation is 2. The average molecular weight is 345 g/mol. The first-order valence-electron chi connectivity index (χ1n) is 8.25. The van der Waals surface area contributed by atoms with Gasteiger partial charge >= 0.3 is 6.03 Å². The number of likely N-dealkylation sites (tertiary alicyclic amines) is 1. The largest absolute Gasteiger partial charge is 0.490 e. The van der Waals surface area contributed by atoms with Crippen LogP contribution in [0.4, 0.5) is 4.79 Å². The Bertz CT molecular complexity index is 680. The molecule has 1 N–H and O–H groups in total. The number of rotatable bonds is 4. The maximum absolute atomic E-state index is 12.2. The summed E-state index contributed by atoms with van der Waals surface area (Å²) in [6.45, 7) is 6.12. The third kappa shape index (κ3) is 4.26. The van der Waals surface area contributed by atoms with E-state index in [0.29, 0.717) is 6.54 Å². The summed E-state index contributed by atoms with van der Waals surface area (Å²) in [5.41, 5.74) is 5.19. The van der Waals surface area contributed by atoms with Gasteiger partial charge < -0.3 is 15.0 Å². The lowest BCUT2D eigenvalue weighted by Gasteiger charge is -2.32. The molecule has 1 saturated heterocycles. The van der Waals surface area contributed by atoms with Crippen LogP contribution in [0.5, 0.6) is 5.75 Å². The van der Waals surface area contributed by atoms with E-state index < -0.39 is 0 Å². The Kier molecular flexibility index (Phi) is 5.35. The molecule has 1 aromatic carbocycles. The van der Waals surface area contributed by atoms with E-state index in [2.05, 4.69) is 36.3 Å². The van der Waals surface area contributed by atoms with E-state index in [1.165, 1.54) is 22.5 Å². The average Bonchev–Trinajstić information content (AvgIpc) is 3.10. The highest BCUT2D eigenvalue weighted by Gasteiger charge is 2.23. The Morgan fingerprint density at radius 3 is 2.79 bits per heavy atom. The van der Waals surface area contributed by atoms with Crippen LogP contribution in [0.3, 0.4) is 0 Å². The van der Waals surface area contributed by atoms with Gasteiger partial charge in [0.25, 0.3) is 0 Å². The van der Waals surface area contributed by atoms with E-state index in [-0.39, 0.29) is 12.1 Å². The number of thiazole rings is 1. The zero-order chi connectivity index (χ0) is 16.9. The van der Waals surface area contributed by atoms with Crippen molar-refractivity contribution in [2.24, 2.45) is 0 Å². The molecule has 2 aromatic rings. The van der Waals surface area contributed by atoms with Crippen LogP contribution in [0.1, 0.15) is 29.7 Å². The minimum atomic E-state index is -0.0207. The quantitative estimate of drug-likeness (QED) is 0.922. The molecule has 1 fully saturated rings. The van der Waals surface area contributed by atoms with Crippen LogP contribution < -0.4 is 10.1 Å². The number of nitrogens with zero attached hydrogens (tertiary/aromatic N) is 2. The number of benzene rings is 1. The van der Waals surface area contributed by atoms with Gasteiger partial charge in [-0.3, -0.25) is 0 Å². The predicted molar refractivity (Wildman–Crippen MR) is 95.5 cm³/mol. The van der Waals surface area contributed by atoms with Crippen molar-refractivity contribution in [1.29, 1.82) is 0 Å². The molecule has 2 amide bonds. The molecule has 1 aromatic heterocycles. The van der Waals surface area contributed by atoms with Gasteiger partial charge in [-0.1, -0.05) is 6.07 Å². The maximum atomic E-state index is 12.2. The van der Waals surface area contributed by atoms with Crippen LogP contribution in [0, 0.1) is 13.8 Å². The van der Waals surface area contributed by atoms with E-state index in [0.717, 1.165) is 37.4 Å². The summed E-state index contributed by atoms with van der Waals surface area (Å²) < 4.78 is 6.07. The van der Waals surface area contributed by atoms with Crippen molar-refractivity contribution in [2.45, 2.75) is 39.3 Å². The number of hydrogen-bond acceptors (Lipinski definition) is 4. The normalized spacial score (nSPS) is 15.3. The number of urea groups is 1. The molecule has 0 aliphatic carbocycles. The standard InChI is InChI=1S/C18H23N3O2S/c1-13-3-4-17(9-14(13)2)23-16-5-7-21(8-6-16)18(22)19-10-15-11-24-12-20-15/h3-4,9,11-12,16H,5-8,10H2,1-2H3,(H,19,22). The molecule has 5 nitrogen and oxygen atoms in total. The van der Waals surface area contributed by atoms with E-state index >= 15 is 0 Å². The molecular formula is C18H23N3O2S. The van der Waals surface area contributed by atoms with E-state index in [1.54, 1.807) is 5.51 Å². The van der Waals surface area contributed by atoms with Gasteiger partial charge in [-0.05, 0) is 37.1 Å². The Morgan fingerprint density at radius 1 is 1.33 bits per heavy atom. The van der Waals surface area contributed by atoms with Crippen molar-refractivity contribution in [3.05, 3.63) is 45.9 Å². The summed E-state index contributed by atoms with van der Waals surface area (Å²) in [6.07, 6.45) is 1.89. The van der Waals surface area contributed by atoms with E-state index in [1.807, 2.05) is 16.3 Å². The third-order valence-electron chi connectivity index (χ3n) is 4.41. The van der Waals surface area contributed by atoms with Crippen LogP contribution in [-0.4, -0.2) is 35.1 Å². The van der Waals surface area contributed by atoms with Gasteiger partial charge in [0.15, 0.2) is 0 Å². The summed E-state index contributed by atoms with van der Waals surface area (Å²) >= 11 is 1.54. The van der Waals surface area contributed by atoms with Gasteiger partial charge in [-0.2, -0.15) is 0 Å². The van der Waals surface area contributed by atoms with Crippen LogP contribution in [-0.2, 0) is 6.54 Å². The topological polar surface area (TPSA) is 54.5 Å². The van der Waals surface area contributed by atoms with Crippen molar-refractivity contribution < 1.29 is 9.53 Å². The first-order valence-corrected chi connectivity index (χ1v) is 9.20. The Hall–Kier alpha value is -2.08. The maximum Gasteiger partial charge on any atom is 0.317 e. The number of amides is 2. The number of nitrogens with one attached hydrogen (secondary N) is 1. The van der Waals surface area contributed by atoms with Crippen molar-refractivity contribution in [3.8, 4) is 5.75 Å². The summed E-state index contributed by atoms with van der Waals surface area (Å²) in [5, 5.41) is 4.87. The summed E-state index contributed by atoms with van der Waals surface area (Å²) in [6, 6.07) is 6.18. The molecule has 0 spiro atoms. The first kappa shape index (κ1) is 16.8. The fraction of sp³-hybridized carbons (Fsp3) is 0.444. The minimum absolute atomic E-state index is 0.0207. The third-order valence-corrected chi connectivity index (χ3v) is 5.05. The lowest BCUT2D eigenvalue weighted by molar-refractivity contribution is 0.111. The smallest absolute Gasteiger partial charge is 0.317 e. The van der Waals surface area contributed by atoms with Crippen LogP contribution in [0.2, 0.25) is 0 Å². The van der Waals surface area contributed by atoms with Crippen LogP contribution in [0.15, 0.2) is 29.1 Å². The molecule has 0 bridgehead atoms. The van der Waals surface area contributed by atoms with Gasteiger partial charge in [0.1, 0.15) is 11.9 Å². The highest BCUT2D eigenvalue weighted by Crippen LogP contribution is 2.21. The zero-order valence-corrected chi connectivity index (χ0v) is 14.9. The monoisotopic (exact) mass is 345 g/mol. The molecule has 6 heteroatoms. The molecule has 24 heavy (non-hydrogen) atoms. The number of carbonyl (C=O) groups is 1. The SMILES string of the molecule is Cc1ccc(OC2CCN(C(=O)NCc3cscn3)CC2)cc1C. The highest BCUT2D eigenvalue weighted by molar-refractivity contribution is 7.07. The molecule has 0 atom stereocenters. The second-order valence-corrected chi connectivity index (χ2v) is 6.91. The molecule has 1 aliphatic rings. The molecule has 3 rings (SSSR count). The van der Waals surface area contributed by atoms with Crippen molar-refractivity contribution in [3.63, 3.8) is 0 Å². The molecule has 1 aliphatic heterocycles. The Morgan fingerprint density at radius 2 is 2.12 bits per heavy atom. The van der Waals surface area contributed by atoms with E-state index in [9.17, 15) is 4.79 Å². The minimum Gasteiger partial charge on any atom is -0.490 e. The summed E-state index contributed by atoms with van der Waals surface area (Å²) in [4.78, 5) is 18.2. The zero-order valence-electron chi connectivity index (χ0n) is 14.1. The van der Waals surface area contributed by atoms with Gasteiger partial charge in [-0.15, -0.1) is 11.3 Å². The van der Waals surface area contributed by atoms with Gasteiger partial charge in [-0.25, -0.2) is 9.78 Å². The summed E-state index contributed by atoms with van der Waals surface area (Å²) in [5.74, 6) is 0.921. The second kappa shape index (κ2) is 7.66. The summed E-state index contributed by atoms with van der Waals surface area (Å²) in [7, 11) is 0. The fourth-order valence-corrected chi connectivity index (χ4v) is 3.32. The molecule has 128 valence electrons. The highest BCUT2D eigenvalue weighted by atomic mass is 32.1. The van der Waals surface area contributed by atoms with E-state index in [4.69, 9.17) is 4.74 Å². The van der Waals surface area contributed by atoms with Crippen molar-refractivity contribution in [1.82, 2.24) is 15.2 Å². The lowest BCUT2D eigenvalue weighted by atomic mass is 10.1. The number of aromatic nitrogens is 1. The van der Waals surface area contributed by atoms with Crippen LogP contribution in [0.25, 0.3) is 0 Å². The Balaban J connectivity index is 1.44. The van der Waals surface area contributed by atoms with Crippen molar-refractivity contribution in [2.75, 3.05) is 13.1 Å². The number of piperidine rings is 1. The van der Waals surface area contributed by atoms with Gasteiger partial charge in [0, 0.05) is 31.3 Å². The molecule has 0 saturated carbocycles. The Labute approximate surface area is 146 Å². The molecule has 0 radical (unpaired) electrons. The van der Waals surface area contributed by atoms with Gasteiger partial charge in [0.05, 0.1) is 17.7 Å². The lowest BCUT2D eigenvalue weighted by Crippen LogP contribution is -2.46. The molecule has 0 unspecified atom stereocenters. The number of carbonyl (C=O) groups excluding carboxylic acids is 1. The first-order chi connectivity index (χ1) is 11.6. The van der Waals surface area contributed by atoms with Crippen LogP contribution >= 0.6 is 11.3 Å². The molecule has 2 heterocycles. The van der Waals surface area contributed by atoms with Crippen molar-refractivity contribution >= 4 is 17.4 Å². The number of hydrogen-bond donors (Lipinski definition) is 1. The molecular weight excluding hydrogens is 322 g/mol. The second-order valence-electron chi connectivity index (χ2n) is 6.19. The number of ether oxygens (including phenoxy) is 1. The predicted octanol–water partition coefficient (Wildman–Crippen LogP) is 3.51. The van der Waals surface area contributed by atoms with Gasteiger partial charge in [0.2, 0.25) is 0 Å².